The number of benzene rings is 1. The number of carbonyl (C=O) groups excluding carboxylic acids is 1. The van der Waals surface area contributed by atoms with Crippen molar-refractivity contribution < 1.29 is 13.2 Å². The van der Waals surface area contributed by atoms with Crippen LogP contribution in [0.3, 0.4) is 0 Å². The Bertz CT molecular complexity index is 636. The average Bonchev–Trinajstić information content (AvgIpc) is 2.36. The van der Waals surface area contributed by atoms with E-state index in [-0.39, 0.29) is 4.90 Å². The highest BCUT2D eigenvalue weighted by atomic mass is 32.2. The van der Waals surface area contributed by atoms with Gasteiger partial charge in [0.1, 0.15) is 5.25 Å². The minimum Gasteiger partial charge on any atom is -0.399 e. The van der Waals surface area contributed by atoms with Crippen molar-refractivity contribution in [3.05, 3.63) is 23.8 Å². The lowest BCUT2D eigenvalue weighted by Crippen LogP contribution is -2.48. The standard InChI is InChI=1S/C15H24N2O3S/c1-6-15(4,5)17-14(18)11(3)21(19,20)13-8-7-12(16)9-10(13)2/h7-9,11H,6,16H2,1-5H3,(H,17,18). The number of nitrogens with one attached hydrogen (secondary N) is 1. The van der Waals surface area contributed by atoms with Crippen LogP contribution in [0, 0.1) is 6.92 Å². The van der Waals surface area contributed by atoms with Crippen molar-refractivity contribution in [2.24, 2.45) is 0 Å². The molecular weight excluding hydrogens is 288 g/mol. The van der Waals surface area contributed by atoms with E-state index in [2.05, 4.69) is 5.32 Å². The van der Waals surface area contributed by atoms with E-state index in [1.807, 2.05) is 20.8 Å². The van der Waals surface area contributed by atoms with Gasteiger partial charge in [0.15, 0.2) is 9.84 Å². The maximum atomic E-state index is 12.6. The quantitative estimate of drug-likeness (QED) is 0.814. The zero-order valence-electron chi connectivity index (χ0n) is 13.2. The van der Waals surface area contributed by atoms with Gasteiger partial charge in [-0.25, -0.2) is 8.42 Å². The number of nitrogens with two attached hydrogens (primary N) is 1. The van der Waals surface area contributed by atoms with Gasteiger partial charge in [0.25, 0.3) is 0 Å². The first-order chi connectivity index (χ1) is 9.51. The molecule has 0 bridgehead atoms. The second kappa shape index (κ2) is 6.05. The second-order valence-electron chi connectivity index (χ2n) is 5.94. The smallest absolute Gasteiger partial charge is 0.238 e. The molecule has 0 aliphatic heterocycles. The molecule has 0 aliphatic carbocycles. The fourth-order valence-corrected chi connectivity index (χ4v) is 3.33. The molecule has 0 radical (unpaired) electrons. The van der Waals surface area contributed by atoms with Crippen LogP contribution in [-0.2, 0) is 14.6 Å². The summed E-state index contributed by atoms with van der Waals surface area (Å²) in [7, 11) is -3.73. The van der Waals surface area contributed by atoms with Crippen LogP contribution in [-0.4, -0.2) is 25.1 Å². The minimum absolute atomic E-state index is 0.147. The fourth-order valence-electron chi connectivity index (χ4n) is 1.85. The van der Waals surface area contributed by atoms with E-state index in [1.54, 1.807) is 13.0 Å². The Balaban J connectivity index is 3.10. The van der Waals surface area contributed by atoms with Crippen LogP contribution < -0.4 is 11.1 Å². The molecule has 0 heterocycles. The van der Waals surface area contributed by atoms with Gasteiger partial charge in [-0.15, -0.1) is 0 Å². The van der Waals surface area contributed by atoms with Crippen LogP contribution in [0.1, 0.15) is 39.7 Å². The fraction of sp³-hybridized carbons (Fsp3) is 0.533. The van der Waals surface area contributed by atoms with Crippen molar-refractivity contribution in [2.45, 2.75) is 56.7 Å². The number of sulfone groups is 1. The molecular formula is C15H24N2O3S. The first-order valence-electron chi connectivity index (χ1n) is 6.93. The Morgan fingerprint density at radius 3 is 2.43 bits per heavy atom. The zero-order chi connectivity index (χ0) is 16.4. The SMILES string of the molecule is CCC(C)(C)NC(=O)C(C)S(=O)(=O)c1ccc(N)cc1C. The second-order valence-corrected chi connectivity index (χ2v) is 8.18. The number of carbonyl (C=O) groups is 1. The van der Waals surface area contributed by atoms with Gasteiger partial charge in [-0.1, -0.05) is 6.92 Å². The molecule has 0 fully saturated rings. The van der Waals surface area contributed by atoms with Crippen LogP contribution >= 0.6 is 0 Å². The molecule has 6 heteroatoms. The predicted octanol–water partition coefficient (Wildman–Crippen LogP) is 2.04. The Kier molecular flexibility index (Phi) is 5.04. The highest BCUT2D eigenvalue weighted by Crippen LogP contribution is 2.23. The van der Waals surface area contributed by atoms with E-state index in [0.29, 0.717) is 17.7 Å². The zero-order valence-corrected chi connectivity index (χ0v) is 14.0. The molecule has 0 aromatic heterocycles. The molecule has 1 aromatic rings. The van der Waals surface area contributed by atoms with Crippen LogP contribution in [0.25, 0.3) is 0 Å². The Hall–Kier alpha value is -1.56. The third kappa shape index (κ3) is 3.97. The third-order valence-electron chi connectivity index (χ3n) is 3.69. The van der Waals surface area contributed by atoms with E-state index < -0.39 is 26.5 Å². The Labute approximate surface area is 126 Å². The van der Waals surface area contributed by atoms with Crippen LogP contribution in [0.5, 0.6) is 0 Å². The lowest BCUT2D eigenvalue weighted by atomic mass is 10.0. The maximum Gasteiger partial charge on any atom is 0.238 e. The van der Waals surface area contributed by atoms with Crippen molar-refractivity contribution in [1.29, 1.82) is 0 Å². The van der Waals surface area contributed by atoms with E-state index in [4.69, 9.17) is 5.73 Å². The summed E-state index contributed by atoms with van der Waals surface area (Å²) in [6.45, 7) is 8.73. The topological polar surface area (TPSA) is 89.3 Å². The van der Waals surface area contributed by atoms with Gasteiger partial charge in [0, 0.05) is 11.2 Å². The molecule has 1 atom stereocenters. The molecule has 5 nitrogen and oxygen atoms in total. The number of nitrogen functional groups attached to an aromatic ring is 1. The minimum atomic E-state index is -3.73. The molecule has 0 aliphatic rings. The summed E-state index contributed by atoms with van der Waals surface area (Å²) >= 11 is 0. The molecule has 118 valence electrons. The molecule has 1 amide bonds. The largest absolute Gasteiger partial charge is 0.399 e. The number of amides is 1. The molecule has 1 rings (SSSR count). The van der Waals surface area contributed by atoms with Gasteiger partial charge < -0.3 is 11.1 Å². The van der Waals surface area contributed by atoms with Crippen LogP contribution in [0.15, 0.2) is 23.1 Å². The Morgan fingerprint density at radius 2 is 1.95 bits per heavy atom. The summed E-state index contributed by atoms with van der Waals surface area (Å²) in [5.41, 5.74) is 6.24. The molecule has 1 unspecified atom stereocenters. The number of anilines is 1. The first-order valence-corrected chi connectivity index (χ1v) is 8.48. The van der Waals surface area contributed by atoms with E-state index in [9.17, 15) is 13.2 Å². The van der Waals surface area contributed by atoms with E-state index in [1.165, 1.54) is 19.1 Å². The predicted molar refractivity (Wildman–Crippen MR) is 84.8 cm³/mol. The molecule has 1 aromatic carbocycles. The van der Waals surface area contributed by atoms with Gasteiger partial charge in [0.2, 0.25) is 5.91 Å². The first kappa shape index (κ1) is 17.5. The average molecular weight is 312 g/mol. The highest BCUT2D eigenvalue weighted by molar-refractivity contribution is 7.92. The van der Waals surface area contributed by atoms with Gasteiger partial charge in [-0.2, -0.15) is 0 Å². The summed E-state index contributed by atoms with van der Waals surface area (Å²) in [6.07, 6.45) is 0.715. The number of rotatable bonds is 5. The van der Waals surface area contributed by atoms with Gasteiger partial charge in [-0.3, -0.25) is 4.79 Å². The summed E-state index contributed by atoms with van der Waals surface area (Å²) in [6, 6.07) is 4.57. The van der Waals surface area contributed by atoms with Crippen molar-refractivity contribution in [1.82, 2.24) is 5.32 Å². The summed E-state index contributed by atoms with van der Waals surface area (Å²) in [5, 5.41) is 1.62. The molecule has 0 saturated carbocycles. The molecule has 0 saturated heterocycles. The maximum absolute atomic E-state index is 12.6. The monoisotopic (exact) mass is 312 g/mol. The number of hydrogen-bond acceptors (Lipinski definition) is 4. The van der Waals surface area contributed by atoms with Gasteiger partial charge >= 0.3 is 0 Å². The normalized spacial score (nSPS) is 13.8. The summed E-state index contributed by atoms with van der Waals surface area (Å²) < 4.78 is 25.2. The molecule has 0 spiro atoms. The summed E-state index contributed by atoms with van der Waals surface area (Å²) in [5.74, 6) is -0.488. The van der Waals surface area contributed by atoms with Gasteiger partial charge in [-0.05, 0) is 57.9 Å². The van der Waals surface area contributed by atoms with Crippen molar-refractivity contribution in [3.8, 4) is 0 Å². The van der Waals surface area contributed by atoms with E-state index >= 15 is 0 Å². The van der Waals surface area contributed by atoms with Crippen LogP contribution in [0.4, 0.5) is 5.69 Å². The number of hydrogen-bond donors (Lipinski definition) is 2. The van der Waals surface area contributed by atoms with Crippen molar-refractivity contribution >= 4 is 21.4 Å². The van der Waals surface area contributed by atoms with Crippen molar-refractivity contribution in [3.63, 3.8) is 0 Å². The molecule has 3 N–H and O–H groups in total. The number of aryl methyl sites for hydroxylation is 1. The Morgan fingerprint density at radius 1 is 1.38 bits per heavy atom. The molecule has 21 heavy (non-hydrogen) atoms. The highest BCUT2D eigenvalue weighted by Gasteiger charge is 2.33. The van der Waals surface area contributed by atoms with Crippen molar-refractivity contribution in [2.75, 3.05) is 5.73 Å². The summed E-state index contributed by atoms with van der Waals surface area (Å²) in [4.78, 5) is 12.3. The lowest BCUT2D eigenvalue weighted by molar-refractivity contribution is -0.122. The lowest BCUT2D eigenvalue weighted by Gasteiger charge is -2.26. The third-order valence-corrected chi connectivity index (χ3v) is 5.90. The van der Waals surface area contributed by atoms with Gasteiger partial charge in [0.05, 0.1) is 4.90 Å². The van der Waals surface area contributed by atoms with E-state index in [0.717, 1.165) is 0 Å². The van der Waals surface area contributed by atoms with Crippen LogP contribution in [0.2, 0.25) is 0 Å².